The minimum atomic E-state index is -2.10. The number of hydrogen-bond donors (Lipinski definition) is 1. The van der Waals surface area contributed by atoms with Gasteiger partial charge in [0.2, 0.25) is 0 Å². The van der Waals surface area contributed by atoms with Crippen molar-refractivity contribution in [2.24, 2.45) is 0 Å². The molecular formula is C38H43F2NO9. The maximum atomic E-state index is 15.7. The number of fused-ring (bicyclic) bond motifs is 2. The minimum Gasteiger partial charge on any atom is -0.487 e. The summed E-state index contributed by atoms with van der Waals surface area (Å²) in [6, 6.07) is 19.8. The van der Waals surface area contributed by atoms with Gasteiger partial charge in [-0.15, -0.1) is 0 Å². The van der Waals surface area contributed by atoms with Crippen LogP contribution in [0.25, 0.3) is 0 Å². The van der Waals surface area contributed by atoms with Gasteiger partial charge in [-0.25, -0.2) is 8.78 Å². The zero-order valence-electron chi connectivity index (χ0n) is 28.7. The second-order valence-corrected chi connectivity index (χ2v) is 11.3. The maximum absolute atomic E-state index is 15.7. The number of halogens is 2. The smallest absolute Gasteiger partial charge is 0.189 e. The predicted molar refractivity (Wildman–Crippen MR) is 182 cm³/mol. The fraction of sp³-hybridized carbons (Fsp3) is 0.368. The molecule has 0 unspecified atom stereocenters. The van der Waals surface area contributed by atoms with Gasteiger partial charge in [0.1, 0.15) is 29.5 Å². The summed E-state index contributed by atoms with van der Waals surface area (Å²) in [5.74, 6) is -1.23. The lowest BCUT2D eigenvalue weighted by Gasteiger charge is -2.37. The Morgan fingerprint density at radius 2 is 1.24 bits per heavy atom. The van der Waals surface area contributed by atoms with Gasteiger partial charge in [0, 0.05) is 50.6 Å². The van der Waals surface area contributed by atoms with Crippen LogP contribution in [-0.2, 0) is 31.2 Å². The molecule has 0 bridgehead atoms. The summed E-state index contributed by atoms with van der Waals surface area (Å²) < 4.78 is 75.7. The van der Waals surface area contributed by atoms with Crippen molar-refractivity contribution in [3.8, 4) is 28.7 Å². The Hall–Kier alpha value is -4.46. The Morgan fingerprint density at radius 1 is 0.680 bits per heavy atom. The monoisotopic (exact) mass is 695 g/mol. The molecule has 1 N–H and O–H groups in total. The van der Waals surface area contributed by atoms with E-state index < -0.39 is 17.2 Å². The second kappa shape index (κ2) is 17.5. The normalized spacial score (nSPS) is 12.9. The van der Waals surface area contributed by atoms with E-state index in [2.05, 4.69) is 4.90 Å². The molecule has 0 aliphatic carbocycles. The van der Waals surface area contributed by atoms with E-state index in [1.54, 1.807) is 12.1 Å². The third-order valence-corrected chi connectivity index (χ3v) is 8.25. The molecule has 0 saturated carbocycles. The van der Waals surface area contributed by atoms with Crippen LogP contribution in [0.15, 0.2) is 72.8 Å². The summed E-state index contributed by atoms with van der Waals surface area (Å²) in [4.78, 5) is 2.12. The Morgan fingerprint density at radius 3 is 1.76 bits per heavy atom. The number of nitrogens with zero attached hydrogens (tertiary/aromatic N) is 1. The molecule has 0 radical (unpaired) electrons. The van der Waals surface area contributed by atoms with Gasteiger partial charge in [0.05, 0.1) is 32.1 Å². The molecule has 0 spiro atoms. The first-order valence-electron chi connectivity index (χ1n) is 16.4. The SMILES string of the molecule is CCN(CC)c1ccc(C2(O)c3cc(F)c(OCOCCOC)cc3Oc3cc(OCOCCOC)c(F)cc32)cc1OCc1ccccc1. The van der Waals surface area contributed by atoms with Gasteiger partial charge < -0.3 is 47.9 Å². The summed E-state index contributed by atoms with van der Waals surface area (Å²) in [6.07, 6.45) is 0. The van der Waals surface area contributed by atoms with Gasteiger partial charge in [-0.1, -0.05) is 36.4 Å². The first-order chi connectivity index (χ1) is 24.3. The molecule has 50 heavy (non-hydrogen) atoms. The van der Waals surface area contributed by atoms with Crippen LogP contribution in [0, 0.1) is 11.6 Å². The Balaban J connectivity index is 1.60. The van der Waals surface area contributed by atoms with Crippen molar-refractivity contribution < 1.29 is 51.8 Å². The average molecular weight is 696 g/mol. The van der Waals surface area contributed by atoms with Gasteiger partial charge in [-0.2, -0.15) is 0 Å². The largest absolute Gasteiger partial charge is 0.487 e. The van der Waals surface area contributed by atoms with Crippen LogP contribution in [0.5, 0.6) is 28.7 Å². The van der Waals surface area contributed by atoms with Crippen LogP contribution in [-0.4, -0.2) is 72.4 Å². The van der Waals surface area contributed by atoms with Crippen LogP contribution in [0.1, 0.15) is 36.1 Å². The molecule has 0 saturated heterocycles. The Bertz CT molecular complexity index is 1630. The van der Waals surface area contributed by atoms with Crippen molar-refractivity contribution in [2.45, 2.75) is 26.1 Å². The second-order valence-electron chi connectivity index (χ2n) is 11.3. The van der Waals surface area contributed by atoms with E-state index in [0.29, 0.717) is 37.6 Å². The third kappa shape index (κ3) is 8.28. The lowest BCUT2D eigenvalue weighted by molar-refractivity contribution is -0.0103. The minimum absolute atomic E-state index is 0.0377. The lowest BCUT2D eigenvalue weighted by atomic mass is 9.77. The molecule has 0 amide bonds. The highest BCUT2D eigenvalue weighted by Crippen LogP contribution is 2.53. The Kier molecular flexibility index (Phi) is 12.9. The van der Waals surface area contributed by atoms with Crippen molar-refractivity contribution in [3.05, 3.63) is 107 Å². The average Bonchev–Trinajstić information content (AvgIpc) is 3.13. The molecular weight excluding hydrogens is 652 g/mol. The molecule has 1 aliphatic rings. The van der Waals surface area contributed by atoms with Gasteiger partial charge in [0.25, 0.3) is 0 Å². The van der Waals surface area contributed by atoms with E-state index in [4.69, 9.17) is 37.9 Å². The van der Waals surface area contributed by atoms with E-state index >= 15 is 8.78 Å². The molecule has 12 heteroatoms. The number of hydrogen-bond acceptors (Lipinski definition) is 10. The fourth-order valence-corrected chi connectivity index (χ4v) is 5.63. The first kappa shape index (κ1) is 36.8. The third-order valence-electron chi connectivity index (χ3n) is 8.25. The summed E-state index contributed by atoms with van der Waals surface area (Å²) >= 11 is 0. The standard InChI is InChI=1S/C38H43F2NO9/c1-5-41(6-2)32-13-12-27(18-37(32)47-23-26-10-8-7-9-11-26)38(42)28-19-30(39)35(48-24-45-16-14-43-3)21-33(28)50-34-22-36(31(40)20-29(34)38)49-25-46-17-15-44-4/h7-13,18-22,42H,5-6,14-17,23-25H2,1-4H3. The molecule has 0 aromatic heterocycles. The summed E-state index contributed by atoms with van der Waals surface area (Å²) in [5, 5.41) is 12.8. The van der Waals surface area contributed by atoms with Crippen LogP contribution >= 0.6 is 0 Å². The molecule has 10 nitrogen and oxygen atoms in total. The molecule has 0 fully saturated rings. The van der Waals surface area contributed by atoms with E-state index in [0.717, 1.165) is 23.4 Å². The number of anilines is 1. The van der Waals surface area contributed by atoms with Crippen molar-refractivity contribution in [2.75, 3.05) is 72.2 Å². The number of aliphatic hydroxyl groups is 1. The predicted octanol–water partition coefficient (Wildman–Crippen LogP) is 6.78. The van der Waals surface area contributed by atoms with E-state index in [-0.39, 0.29) is 67.5 Å². The zero-order valence-corrected chi connectivity index (χ0v) is 28.7. The molecule has 4 aromatic carbocycles. The van der Waals surface area contributed by atoms with Gasteiger partial charge in [-0.3, -0.25) is 0 Å². The van der Waals surface area contributed by atoms with Crippen LogP contribution in [0.3, 0.4) is 0 Å². The number of ether oxygens (including phenoxy) is 8. The number of benzene rings is 4. The maximum Gasteiger partial charge on any atom is 0.189 e. The molecule has 268 valence electrons. The van der Waals surface area contributed by atoms with Crippen LogP contribution in [0.2, 0.25) is 0 Å². The quantitative estimate of drug-likeness (QED) is 0.0836. The molecule has 1 heterocycles. The highest BCUT2D eigenvalue weighted by Gasteiger charge is 2.44. The Labute approximate surface area is 290 Å². The van der Waals surface area contributed by atoms with Crippen molar-refractivity contribution in [1.29, 1.82) is 0 Å². The van der Waals surface area contributed by atoms with Crippen molar-refractivity contribution in [1.82, 2.24) is 0 Å². The number of methoxy groups -OCH3 is 2. The summed E-state index contributed by atoms with van der Waals surface area (Å²) in [6.45, 7) is 6.40. The molecule has 4 aromatic rings. The zero-order chi connectivity index (χ0) is 35.5. The van der Waals surface area contributed by atoms with Gasteiger partial charge >= 0.3 is 0 Å². The van der Waals surface area contributed by atoms with Crippen LogP contribution < -0.4 is 23.8 Å². The van der Waals surface area contributed by atoms with E-state index in [1.165, 1.54) is 26.4 Å². The lowest BCUT2D eigenvalue weighted by Crippen LogP contribution is -2.33. The van der Waals surface area contributed by atoms with Gasteiger partial charge in [-0.05, 0) is 49.2 Å². The summed E-state index contributed by atoms with van der Waals surface area (Å²) in [5.41, 5.74) is 0.0294. The van der Waals surface area contributed by atoms with E-state index in [9.17, 15) is 5.11 Å². The van der Waals surface area contributed by atoms with Crippen molar-refractivity contribution in [3.63, 3.8) is 0 Å². The first-order valence-corrected chi connectivity index (χ1v) is 16.4. The fourth-order valence-electron chi connectivity index (χ4n) is 5.63. The highest BCUT2D eigenvalue weighted by atomic mass is 19.1. The van der Waals surface area contributed by atoms with Crippen LogP contribution in [0.4, 0.5) is 14.5 Å². The highest BCUT2D eigenvalue weighted by molar-refractivity contribution is 5.67. The van der Waals surface area contributed by atoms with E-state index in [1.807, 2.05) is 50.2 Å². The molecule has 5 rings (SSSR count). The molecule has 1 aliphatic heterocycles. The summed E-state index contributed by atoms with van der Waals surface area (Å²) in [7, 11) is 3.08. The van der Waals surface area contributed by atoms with Gasteiger partial charge in [0.15, 0.2) is 36.7 Å². The topological polar surface area (TPSA) is 97.3 Å². The molecule has 0 atom stereocenters. The van der Waals surface area contributed by atoms with Crippen molar-refractivity contribution >= 4 is 5.69 Å². The number of rotatable bonds is 19.